The summed E-state index contributed by atoms with van der Waals surface area (Å²) in [5.74, 6) is 0.514. The van der Waals surface area contributed by atoms with Crippen LogP contribution in [0.4, 0.5) is 0 Å². The second-order valence-electron chi connectivity index (χ2n) is 4.70. The number of carbonyl (C=O) groups excluding carboxylic acids is 2. The summed E-state index contributed by atoms with van der Waals surface area (Å²) in [7, 11) is 1.77. The Morgan fingerprint density at radius 1 is 1.37 bits per heavy atom. The Kier molecular flexibility index (Phi) is 3.55. The number of piperazine rings is 1. The molecule has 0 atom stereocenters. The van der Waals surface area contributed by atoms with Crippen LogP contribution in [0.2, 0.25) is 0 Å². The Labute approximate surface area is 112 Å². The Bertz CT molecular complexity index is 492. The van der Waals surface area contributed by atoms with E-state index in [9.17, 15) is 9.59 Å². The van der Waals surface area contributed by atoms with Crippen LogP contribution in [-0.4, -0.2) is 43.6 Å². The summed E-state index contributed by atoms with van der Waals surface area (Å²) in [4.78, 5) is 30.1. The SMILES string of the molecule is CCC1(CC)C(=O)NCC(=O)N1Cc1ncnn1C. The predicted octanol–water partition coefficient (Wildman–Crippen LogP) is -0.168. The van der Waals surface area contributed by atoms with Crippen molar-refractivity contribution < 1.29 is 9.59 Å². The minimum atomic E-state index is -0.777. The van der Waals surface area contributed by atoms with E-state index in [1.165, 1.54) is 6.33 Å². The molecule has 19 heavy (non-hydrogen) atoms. The van der Waals surface area contributed by atoms with Crippen molar-refractivity contribution in [2.45, 2.75) is 38.8 Å². The van der Waals surface area contributed by atoms with E-state index in [2.05, 4.69) is 15.4 Å². The van der Waals surface area contributed by atoms with Crippen molar-refractivity contribution in [1.29, 1.82) is 0 Å². The zero-order valence-corrected chi connectivity index (χ0v) is 11.5. The fourth-order valence-corrected chi connectivity index (χ4v) is 2.57. The van der Waals surface area contributed by atoms with Crippen LogP contribution in [0.5, 0.6) is 0 Å². The Balaban J connectivity index is 2.35. The van der Waals surface area contributed by atoms with Crippen molar-refractivity contribution in [3.8, 4) is 0 Å². The molecule has 1 aromatic rings. The number of hydrogen-bond acceptors (Lipinski definition) is 4. The van der Waals surface area contributed by atoms with E-state index in [0.717, 1.165) is 0 Å². The summed E-state index contributed by atoms with van der Waals surface area (Å²) in [5, 5.41) is 6.67. The fraction of sp³-hybridized carbons (Fsp3) is 0.667. The van der Waals surface area contributed by atoms with E-state index in [-0.39, 0.29) is 18.4 Å². The van der Waals surface area contributed by atoms with Crippen LogP contribution >= 0.6 is 0 Å². The third kappa shape index (κ3) is 2.09. The molecule has 1 N–H and O–H groups in total. The van der Waals surface area contributed by atoms with E-state index in [4.69, 9.17) is 0 Å². The lowest BCUT2D eigenvalue weighted by Crippen LogP contribution is -2.66. The second kappa shape index (κ2) is 4.99. The van der Waals surface area contributed by atoms with Crippen molar-refractivity contribution in [2.24, 2.45) is 7.05 Å². The number of nitrogens with zero attached hydrogens (tertiary/aromatic N) is 4. The molecular formula is C12H19N5O2. The topological polar surface area (TPSA) is 80.1 Å². The molecule has 1 fully saturated rings. The summed E-state index contributed by atoms with van der Waals surface area (Å²) < 4.78 is 1.62. The molecule has 2 amide bonds. The molecule has 0 aromatic carbocycles. The summed E-state index contributed by atoms with van der Waals surface area (Å²) in [5.41, 5.74) is -0.777. The van der Waals surface area contributed by atoms with Gasteiger partial charge in [-0.1, -0.05) is 13.8 Å². The van der Waals surface area contributed by atoms with Crippen molar-refractivity contribution in [1.82, 2.24) is 25.0 Å². The highest BCUT2D eigenvalue weighted by Crippen LogP contribution is 2.28. The first kappa shape index (κ1) is 13.5. The Hall–Kier alpha value is -1.92. The standard InChI is InChI=1S/C12H19N5O2/c1-4-12(5-2)11(19)13-6-10(18)17(12)7-9-14-8-15-16(9)3/h8H,4-7H2,1-3H3,(H,13,19). The summed E-state index contributed by atoms with van der Waals surface area (Å²) in [6, 6.07) is 0. The highest BCUT2D eigenvalue weighted by atomic mass is 16.2. The monoisotopic (exact) mass is 265 g/mol. The molecule has 0 aliphatic carbocycles. The second-order valence-corrected chi connectivity index (χ2v) is 4.70. The summed E-state index contributed by atoms with van der Waals surface area (Å²) >= 11 is 0. The first-order valence-electron chi connectivity index (χ1n) is 6.46. The smallest absolute Gasteiger partial charge is 0.246 e. The van der Waals surface area contributed by atoms with Crippen LogP contribution in [0, 0.1) is 0 Å². The molecule has 0 bridgehead atoms. The van der Waals surface area contributed by atoms with Crippen LogP contribution in [0.1, 0.15) is 32.5 Å². The molecule has 1 saturated heterocycles. The van der Waals surface area contributed by atoms with Gasteiger partial charge in [0.05, 0.1) is 13.1 Å². The molecule has 1 aliphatic heterocycles. The maximum absolute atomic E-state index is 12.2. The number of aryl methyl sites for hydroxylation is 1. The number of nitrogens with one attached hydrogen (secondary N) is 1. The molecule has 0 saturated carbocycles. The average Bonchev–Trinajstić information content (AvgIpc) is 2.81. The molecule has 1 aromatic heterocycles. The normalized spacial score (nSPS) is 18.6. The van der Waals surface area contributed by atoms with Crippen LogP contribution in [0.15, 0.2) is 6.33 Å². The van der Waals surface area contributed by atoms with E-state index >= 15 is 0 Å². The zero-order chi connectivity index (χ0) is 14.0. The van der Waals surface area contributed by atoms with Crippen molar-refractivity contribution in [3.63, 3.8) is 0 Å². The summed E-state index contributed by atoms with van der Waals surface area (Å²) in [6.07, 6.45) is 2.61. The zero-order valence-electron chi connectivity index (χ0n) is 11.5. The number of amides is 2. The van der Waals surface area contributed by atoms with Crippen LogP contribution in [-0.2, 0) is 23.2 Å². The highest BCUT2D eigenvalue weighted by Gasteiger charge is 2.46. The molecule has 2 rings (SSSR count). The van der Waals surface area contributed by atoms with E-state index < -0.39 is 5.54 Å². The van der Waals surface area contributed by atoms with Gasteiger partial charge in [0.25, 0.3) is 0 Å². The number of hydrogen-bond donors (Lipinski definition) is 1. The summed E-state index contributed by atoms with van der Waals surface area (Å²) in [6.45, 7) is 4.21. The fourth-order valence-electron chi connectivity index (χ4n) is 2.57. The largest absolute Gasteiger partial charge is 0.345 e. The van der Waals surface area contributed by atoms with E-state index in [1.54, 1.807) is 16.6 Å². The lowest BCUT2D eigenvalue weighted by atomic mass is 9.87. The Morgan fingerprint density at radius 3 is 2.58 bits per heavy atom. The molecule has 7 nitrogen and oxygen atoms in total. The third-order valence-corrected chi connectivity index (χ3v) is 3.92. The molecule has 0 spiro atoms. The molecular weight excluding hydrogens is 246 g/mol. The van der Waals surface area contributed by atoms with E-state index in [0.29, 0.717) is 25.2 Å². The van der Waals surface area contributed by atoms with Crippen LogP contribution in [0.25, 0.3) is 0 Å². The van der Waals surface area contributed by atoms with Crippen LogP contribution in [0.3, 0.4) is 0 Å². The minimum absolute atomic E-state index is 0.0540. The minimum Gasteiger partial charge on any atom is -0.345 e. The van der Waals surface area contributed by atoms with Gasteiger partial charge < -0.3 is 10.2 Å². The van der Waals surface area contributed by atoms with Gasteiger partial charge in [0.15, 0.2) is 0 Å². The van der Waals surface area contributed by atoms with E-state index in [1.807, 2.05) is 13.8 Å². The average molecular weight is 265 g/mol. The maximum atomic E-state index is 12.2. The third-order valence-electron chi connectivity index (χ3n) is 3.92. The van der Waals surface area contributed by atoms with Crippen molar-refractivity contribution in [3.05, 3.63) is 12.2 Å². The van der Waals surface area contributed by atoms with Gasteiger partial charge in [-0.2, -0.15) is 5.10 Å². The number of rotatable bonds is 4. The number of carbonyl (C=O) groups is 2. The number of aromatic nitrogens is 3. The van der Waals surface area contributed by atoms with Gasteiger partial charge in [-0.15, -0.1) is 0 Å². The van der Waals surface area contributed by atoms with Crippen molar-refractivity contribution in [2.75, 3.05) is 6.54 Å². The Morgan fingerprint density at radius 2 is 2.05 bits per heavy atom. The van der Waals surface area contributed by atoms with Gasteiger partial charge >= 0.3 is 0 Å². The quantitative estimate of drug-likeness (QED) is 0.820. The van der Waals surface area contributed by atoms with Gasteiger partial charge in [-0.3, -0.25) is 14.3 Å². The van der Waals surface area contributed by atoms with Gasteiger partial charge in [-0.05, 0) is 12.8 Å². The van der Waals surface area contributed by atoms with Gasteiger partial charge in [0, 0.05) is 7.05 Å². The maximum Gasteiger partial charge on any atom is 0.246 e. The highest BCUT2D eigenvalue weighted by molar-refractivity contribution is 5.97. The predicted molar refractivity (Wildman–Crippen MR) is 67.9 cm³/mol. The van der Waals surface area contributed by atoms with Gasteiger partial charge in [0.1, 0.15) is 17.7 Å². The lowest BCUT2D eigenvalue weighted by molar-refractivity contribution is -0.155. The molecule has 0 radical (unpaired) electrons. The molecule has 104 valence electrons. The first-order valence-corrected chi connectivity index (χ1v) is 6.46. The lowest BCUT2D eigenvalue weighted by Gasteiger charge is -2.44. The first-order chi connectivity index (χ1) is 9.05. The van der Waals surface area contributed by atoms with Gasteiger partial charge in [0.2, 0.25) is 11.8 Å². The van der Waals surface area contributed by atoms with Crippen LogP contribution < -0.4 is 5.32 Å². The molecule has 2 heterocycles. The molecule has 0 unspecified atom stereocenters. The molecule has 7 heteroatoms. The van der Waals surface area contributed by atoms with Crippen molar-refractivity contribution >= 4 is 11.8 Å². The molecule has 1 aliphatic rings. The van der Waals surface area contributed by atoms with Gasteiger partial charge in [-0.25, -0.2) is 4.98 Å².